The lowest BCUT2D eigenvalue weighted by molar-refractivity contribution is 0.0767. The second-order valence-electron chi connectivity index (χ2n) is 10.1. The second kappa shape index (κ2) is 10.1. The van der Waals surface area contributed by atoms with Gasteiger partial charge in [0.15, 0.2) is 0 Å². The van der Waals surface area contributed by atoms with Gasteiger partial charge in [0.2, 0.25) is 0 Å². The molecule has 0 spiro atoms. The number of likely N-dealkylation sites (N-methyl/N-ethyl adjacent to an activating group) is 1. The van der Waals surface area contributed by atoms with Crippen molar-refractivity contribution in [2.45, 2.75) is 66.0 Å². The molecule has 2 saturated heterocycles. The highest BCUT2D eigenvalue weighted by molar-refractivity contribution is 5.94. The Morgan fingerprint density at radius 1 is 1.10 bits per heavy atom. The van der Waals surface area contributed by atoms with E-state index < -0.39 is 0 Å². The van der Waals surface area contributed by atoms with Crippen molar-refractivity contribution < 1.29 is 9.53 Å². The van der Waals surface area contributed by atoms with Gasteiger partial charge in [-0.1, -0.05) is 40.7 Å². The minimum absolute atomic E-state index is 0.134. The van der Waals surface area contributed by atoms with E-state index in [-0.39, 0.29) is 12.0 Å². The van der Waals surface area contributed by atoms with E-state index in [1.165, 1.54) is 0 Å². The first-order valence-corrected chi connectivity index (χ1v) is 11.8. The van der Waals surface area contributed by atoms with Crippen LogP contribution in [0.5, 0.6) is 5.75 Å². The van der Waals surface area contributed by atoms with Crippen molar-refractivity contribution in [1.82, 2.24) is 14.7 Å². The Labute approximate surface area is 183 Å². The number of hydrogen-bond acceptors (Lipinski definition) is 4. The van der Waals surface area contributed by atoms with E-state index in [9.17, 15) is 4.79 Å². The number of nitrogens with zero attached hydrogens (tertiary/aromatic N) is 3. The molecule has 2 heterocycles. The summed E-state index contributed by atoms with van der Waals surface area (Å²) in [5.41, 5.74) is 1.08. The van der Waals surface area contributed by atoms with Gasteiger partial charge in [-0.25, -0.2) is 0 Å². The topological polar surface area (TPSA) is 36.0 Å². The van der Waals surface area contributed by atoms with Crippen molar-refractivity contribution in [3.63, 3.8) is 0 Å². The molecule has 2 fully saturated rings. The fourth-order valence-electron chi connectivity index (χ4n) is 4.90. The molecule has 5 nitrogen and oxygen atoms in total. The Morgan fingerprint density at radius 3 is 2.43 bits per heavy atom. The quantitative estimate of drug-likeness (QED) is 0.671. The van der Waals surface area contributed by atoms with Crippen LogP contribution in [0.15, 0.2) is 24.3 Å². The van der Waals surface area contributed by atoms with Crippen LogP contribution in [-0.2, 0) is 0 Å². The van der Waals surface area contributed by atoms with Gasteiger partial charge in [-0.3, -0.25) is 9.69 Å². The highest BCUT2D eigenvalue weighted by atomic mass is 16.5. The molecular weight excluding hydrogens is 374 g/mol. The number of piperidine rings is 1. The lowest BCUT2D eigenvalue weighted by Gasteiger charge is -2.36. The Balaban J connectivity index is 1.53. The zero-order chi connectivity index (χ0) is 21.7. The molecule has 30 heavy (non-hydrogen) atoms. The number of ether oxygens (including phenoxy) is 1. The van der Waals surface area contributed by atoms with E-state index >= 15 is 0 Å². The molecule has 0 saturated carbocycles. The second-order valence-corrected chi connectivity index (χ2v) is 10.1. The summed E-state index contributed by atoms with van der Waals surface area (Å²) >= 11 is 0. The first-order valence-electron chi connectivity index (χ1n) is 11.8. The maximum Gasteiger partial charge on any atom is 0.254 e. The number of likely N-dealkylation sites (tertiary alicyclic amines) is 2. The molecule has 1 atom stereocenters. The van der Waals surface area contributed by atoms with E-state index in [0.717, 1.165) is 76.4 Å². The van der Waals surface area contributed by atoms with Crippen LogP contribution >= 0.6 is 0 Å². The number of hydrogen-bond donors (Lipinski definition) is 0. The normalized spacial score (nSPS) is 21.4. The summed E-state index contributed by atoms with van der Waals surface area (Å²) in [4.78, 5) is 20.1. The van der Waals surface area contributed by atoms with Crippen LogP contribution in [0.3, 0.4) is 0 Å². The SMILES string of the molecule is CCN(CC)C1CCN(C(=O)c2cccc(OC3CCN(CC(C)(C)C)CC3)c2)C1. The highest BCUT2D eigenvalue weighted by Gasteiger charge is 2.30. The standard InChI is InChI=1S/C25H41N3O2/c1-6-27(7-2)21-11-16-28(18-21)24(29)20-9-8-10-23(17-20)30-22-12-14-26(15-13-22)19-25(3,4)5/h8-10,17,21-22H,6-7,11-16,18-19H2,1-5H3. The van der Waals surface area contributed by atoms with Gasteiger partial charge < -0.3 is 14.5 Å². The van der Waals surface area contributed by atoms with Crippen molar-refractivity contribution in [3.05, 3.63) is 29.8 Å². The van der Waals surface area contributed by atoms with Gasteiger partial charge in [0.05, 0.1) is 0 Å². The number of benzene rings is 1. The molecule has 5 heteroatoms. The van der Waals surface area contributed by atoms with E-state index in [0.29, 0.717) is 11.5 Å². The molecule has 1 aromatic carbocycles. The van der Waals surface area contributed by atoms with Crippen LogP contribution in [0.25, 0.3) is 0 Å². The largest absolute Gasteiger partial charge is 0.490 e. The molecule has 0 radical (unpaired) electrons. The van der Waals surface area contributed by atoms with Crippen LogP contribution < -0.4 is 4.74 Å². The first kappa shape index (κ1) is 23.1. The number of carbonyl (C=O) groups excluding carboxylic acids is 1. The fraction of sp³-hybridized carbons (Fsp3) is 0.720. The Bertz CT molecular complexity index is 688. The number of amides is 1. The number of rotatable bonds is 7. The molecule has 1 aromatic rings. The van der Waals surface area contributed by atoms with Crippen LogP contribution in [0, 0.1) is 5.41 Å². The molecule has 2 aliphatic heterocycles. The summed E-state index contributed by atoms with van der Waals surface area (Å²) < 4.78 is 6.28. The predicted molar refractivity (Wildman–Crippen MR) is 123 cm³/mol. The van der Waals surface area contributed by atoms with Crippen LogP contribution in [0.2, 0.25) is 0 Å². The average molecular weight is 416 g/mol. The monoisotopic (exact) mass is 415 g/mol. The highest BCUT2D eigenvalue weighted by Crippen LogP contribution is 2.24. The molecule has 2 aliphatic rings. The summed E-state index contributed by atoms with van der Waals surface area (Å²) in [6, 6.07) is 8.29. The lowest BCUT2D eigenvalue weighted by Crippen LogP contribution is -2.42. The fourth-order valence-corrected chi connectivity index (χ4v) is 4.90. The van der Waals surface area contributed by atoms with Crippen molar-refractivity contribution in [1.29, 1.82) is 0 Å². The Morgan fingerprint density at radius 2 is 1.80 bits per heavy atom. The van der Waals surface area contributed by atoms with E-state index in [4.69, 9.17) is 4.74 Å². The molecular formula is C25H41N3O2. The molecule has 1 unspecified atom stereocenters. The molecule has 1 amide bonds. The van der Waals surface area contributed by atoms with Crippen molar-refractivity contribution in [2.75, 3.05) is 45.8 Å². The Kier molecular flexibility index (Phi) is 7.81. The minimum Gasteiger partial charge on any atom is -0.490 e. The van der Waals surface area contributed by atoms with Gasteiger partial charge in [-0.2, -0.15) is 0 Å². The van der Waals surface area contributed by atoms with Crippen LogP contribution in [0.4, 0.5) is 0 Å². The minimum atomic E-state index is 0.134. The zero-order valence-electron chi connectivity index (χ0n) is 19.7. The lowest BCUT2D eigenvalue weighted by atomic mass is 9.94. The van der Waals surface area contributed by atoms with Crippen molar-refractivity contribution in [3.8, 4) is 5.75 Å². The average Bonchev–Trinajstić information content (AvgIpc) is 3.19. The van der Waals surface area contributed by atoms with Crippen molar-refractivity contribution >= 4 is 5.91 Å². The van der Waals surface area contributed by atoms with Crippen LogP contribution in [0.1, 0.15) is 64.2 Å². The summed E-state index contributed by atoms with van der Waals surface area (Å²) in [5.74, 6) is 0.963. The third kappa shape index (κ3) is 6.21. The molecule has 0 bridgehead atoms. The van der Waals surface area contributed by atoms with E-state index in [2.05, 4.69) is 44.4 Å². The van der Waals surface area contributed by atoms with Gasteiger partial charge in [0.25, 0.3) is 5.91 Å². The third-order valence-electron chi connectivity index (χ3n) is 6.40. The van der Waals surface area contributed by atoms with E-state index in [1.807, 2.05) is 29.2 Å². The number of carbonyl (C=O) groups is 1. The maximum absolute atomic E-state index is 13.1. The van der Waals surface area contributed by atoms with E-state index in [1.54, 1.807) is 0 Å². The summed E-state index contributed by atoms with van der Waals surface area (Å²) in [5, 5.41) is 0. The van der Waals surface area contributed by atoms with Gasteiger partial charge in [-0.05, 0) is 56.0 Å². The molecule has 0 aliphatic carbocycles. The zero-order valence-corrected chi connectivity index (χ0v) is 19.7. The summed E-state index contributed by atoms with van der Waals surface area (Å²) in [7, 11) is 0. The summed E-state index contributed by atoms with van der Waals surface area (Å²) in [6.45, 7) is 18.3. The molecule has 0 aromatic heterocycles. The van der Waals surface area contributed by atoms with Gasteiger partial charge >= 0.3 is 0 Å². The predicted octanol–water partition coefficient (Wildman–Crippen LogP) is 4.13. The van der Waals surface area contributed by atoms with Gasteiger partial charge in [-0.15, -0.1) is 0 Å². The molecule has 3 rings (SSSR count). The summed E-state index contributed by atoms with van der Waals surface area (Å²) in [6.07, 6.45) is 3.40. The van der Waals surface area contributed by atoms with Gasteiger partial charge in [0, 0.05) is 44.3 Å². The Hall–Kier alpha value is -1.59. The maximum atomic E-state index is 13.1. The smallest absolute Gasteiger partial charge is 0.254 e. The van der Waals surface area contributed by atoms with Crippen molar-refractivity contribution in [2.24, 2.45) is 5.41 Å². The van der Waals surface area contributed by atoms with Crippen LogP contribution in [-0.4, -0.2) is 78.6 Å². The first-order chi connectivity index (χ1) is 14.3. The molecule has 0 N–H and O–H groups in total. The van der Waals surface area contributed by atoms with Gasteiger partial charge in [0.1, 0.15) is 11.9 Å². The molecule has 168 valence electrons. The third-order valence-corrected chi connectivity index (χ3v) is 6.40.